The number of benzene rings is 3. The van der Waals surface area contributed by atoms with Gasteiger partial charge in [-0.2, -0.15) is 0 Å². The van der Waals surface area contributed by atoms with E-state index in [-0.39, 0.29) is 24.4 Å². The number of fused-ring (bicyclic) bond motifs is 6. The van der Waals surface area contributed by atoms with Crippen molar-refractivity contribution in [2.45, 2.75) is 24.3 Å². The molecule has 0 spiro atoms. The second kappa shape index (κ2) is 7.62. The minimum absolute atomic E-state index is 0.0000593. The molecular weight excluding hydrogens is 414 g/mol. The van der Waals surface area contributed by atoms with E-state index in [0.29, 0.717) is 12.1 Å². The third-order valence-electron chi connectivity index (χ3n) is 7.24. The molecule has 0 unspecified atom stereocenters. The van der Waals surface area contributed by atoms with Crippen molar-refractivity contribution >= 4 is 17.7 Å². The first-order chi connectivity index (χ1) is 16.1. The number of carboxylic acids is 1. The smallest absolute Gasteiger partial charge is 0.415 e. The van der Waals surface area contributed by atoms with Gasteiger partial charge in [0.05, 0.1) is 5.69 Å². The zero-order valence-electron chi connectivity index (χ0n) is 17.9. The quantitative estimate of drug-likeness (QED) is 0.544. The third kappa shape index (κ3) is 2.99. The molecule has 1 N–H and O–H groups in total. The zero-order chi connectivity index (χ0) is 22.5. The maximum Gasteiger partial charge on any atom is 0.415 e. The van der Waals surface area contributed by atoms with Crippen molar-refractivity contribution in [3.05, 3.63) is 102 Å². The molecule has 5 nitrogen and oxygen atoms in total. The lowest BCUT2D eigenvalue weighted by molar-refractivity contribution is -0.140. The number of hydrogen-bond donors (Lipinski definition) is 1. The lowest BCUT2D eigenvalue weighted by atomic mass is 9.78. The number of aliphatic carboxylic acids is 1. The fraction of sp³-hybridized carbons (Fsp3) is 0.214. The standard InChI is InChI=1S/C28H23NO4/c30-27(31)26-23-14-7-13-21(23)22-12-5-6-15-25(22)29(26)28(32)33-16-24-19-10-3-1-8-17(19)18-9-2-4-11-20(18)24/h1-13,15,21,23-24,26H,14,16H2,(H,30,31)/t21-,23-,26+/m1/s1. The van der Waals surface area contributed by atoms with Gasteiger partial charge in [-0.3, -0.25) is 4.90 Å². The Bertz CT molecular complexity index is 1250. The van der Waals surface area contributed by atoms with Crippen LogP contribution in [-0.4, -0.2) is 29.8 Å². The second-order valence-electron chi connectivity index (χ2n) is 8.87. The lowest BCUT2D eigenvalue weighted by Gasteiger charge is -2.41. The van der Waals surface area contributed by atoms with Crippen molar-refractivity contribution in [2.24, 2.45) is 5.92 Å². The highest BCUT2D eigenvalue weighted by Crippen LogP contribution is 2.48. The van der Waals surface area contributed by atoms with E-state index in [0.717, 1.165) is 27.8 Å². The molecule has 0 saturated carbocycles. The molecule has 0 aromatic heterocycles. The largest absolute Gasteiger partial charge is 0.480 e. The summed E-state index contributed by atoms with van der Waals surface area (Å²) in [6.07, 6.45) is 4.10. The summed E-state index contributed by atoms with van der Waals surface area (Å²) in [5.41, 5.74) is 6.15. The van der Waals surface area contributed by atoms with Crippen molar-refractivity contribution < 1.29 is 19.4 Å². The first-order valence-corrected chi connectivity index (χ1v) is 11.3. The Morgan fingerprint density at radius 1 is 0.879 bits per heavy atom. The van der Waals surface area contributed by atoms with E-state index in [9.17, 15) is 14.7 Å². The van der Waals surface area contributed by atoms with Crippen LogP contribution in [0.2, 0.25) is 0 Å². The molecule has 164 valence electrons. The Balaban J connectivity index is 1.33. The fourth-order valence-corrected chi connectivity index (χ4v) is 5.83. The number of para-hydroxylation sites is 1. The first-order valence-electron chi connectivity index (χ1n) is 11.3. The number of hydrogen-bond acceptors (Lipinski definition) is 3. The summed E-state index contributed by atoms with van der Waals surface area (Å²) in [5.74, 6) is -1.28. The zero-order valence-corrected chi connectivity index (χ0v) is 17.9. The van der Waals surface area contributed by atoms with Crippen molar-refractivity contribution in [1.29, 1.82) is 0 Å². The topological polar surface area (TPSA) is 66.8 Å². The van der Waals surface area contributed by atoms with Gasteiger partial charge in [-0.1, -0.05) is 78.9 Å². The molecule has 33 heavy (non-hydrogen) atoms. The Labute approximate surface area is 191 Å². The van der Waals surface area contributed by atoms with Gasteiger partial charge >= 0.3 is 12.1 Å². The summed E-state index contributed by atoms with van der Waals surface area (Å²) in [6, 6.07) is 22.9. The maximum atomic E-state index is 13.5. The molecule has 6 rings (SSSR count). The molecular formula is C28H23NO4. The summed E-state index contributed by atoms with van der Waals surface area (Å²) in [7, 11) is 0. The predicted octanol–water partition coefficient (Wildman–Crippen LogP) is 5.57. The summed E-state index contributed by atoms with van der Waals surface area (Å²) in [5, 5.41) is 10.1. The number of allylic oxidation sites excluding steroid dienone is 2. The number of carboxylic acid groups (broad SMARTS) is 1. The third-order valence-corrected chi connectivity index (χ3v) is 7.24. The molecule has 1 amide bonds. The van der Waals surface area contributed by atoms with Gasteiger partial charge in [0.1, 0.15) is 12.6 Å². The van der Waals surface area contributed by atoms with Crippen molar-refractivity contribution in [2.75, 3.05) is 11.5 Å². The van der Waals surface area contributed by atoms with Gasteiger partial charge < -0.3 is 9.84 Å². The molecule has 0 radical (unpaired) electrons. The SMILES string of the molecule is O=C(O)[C@@H]1[C@@H]2CC=C[C@@H]2c2ccccc2N1C(=O)OCC1c2ccccc2-c2ccccc21. The molecule has 5 heteroatoms. The molecule has 0 saturated heterocycles. The van der Waals surface area contributed by atoms with Gasteiger partial charge in [0.15, 0.2) is 0 Å². The van der Waals surface area contributed by atoms with E-state index >= 15 is 0 Å². The van der Waals surface area contributed by atoms with Crippen molar-refractivity contribution in [3.63, 3.8) is 0 Å². The highest BCUT2D eigenvalue weighted by atomic mass is 16.6. The maximum absolute atomic E-state index is 13.5. The average molecular weight is 437 g/mol. The molecule has 3 atom stereocenters. The number of ether oxygens (including phenoxy) is 1. The fourth-order valence-electron chi connectivity index (χ4n) is 5.83. The van der Waals surface area contributed by atoms with Crippen LogP contribution in [0.1, 0.15) is 34.9 Å². The summed E-state index contributed by atoms with van der Waals surface area (Å²) >= 11 is 0. The summed E-state index contributed by atoms with van der Waals surface area (Å²) in [4.78, 5) is 27.2. The van der Waals surface area contributed by atoms with Gasteiger partial charge in [-0.05, 0) is 40.3 Å². The van der Waals surface area contributed by atoms with E-state index in [1.54, 1.807) is 0 Å². The highest BCUT2D eigenvalue weighted by Gasteiger charge is 2.48. The molecule has 3 aromatic carbocycles. The minimum atomic E-state index is -1.00. The molecule has 3 aliphatic rings. The molecule has 0 bridgehead atoms. The molecule has 1 heterocycles. The number of nitrogens with zero attached hydrogens (tertiary/aromatic N) is 1. The van der Waals surface area contributed by atoms with Crippen LogP contribution >= 0.6 is 0 Å². The van der Waals surface area contributed by atoms with Crippen LogP contribution in [0, 0.1) is 5.92 Å². The molecule has 1 aliphatic heterocycles. The van der Waals surface area contributed by atoms with Crippen LogP contribution in [0.25, 0.3) is 11.1 Å². The monoisotopic (exact) mass is 437 g/mol. The van der Waals surface area contributed by atoms with Gasteiger partial charge in [-0.25, -0.2) is 9.59 Å². The summed E-state index contributed by atoms with van der Waals surface area (Å²) < 4.78 is 5.87. The molecule has 0 fully saturated rings. The van der Waals surface area contributed by atoms with Crippen LogP contribution in [-0.2, 0) is 9.53 Å². The Kier molecular flexibility index (Phi) is 4.57. The van der Waals surface area contributed by atoms with E-state index < -0.39 is 18.1 Å². The van der Waals surface area contributed by atoms with E-state index in [1.807, 2.05) is 54.6 Å². The first kappa shape index (κ1) is 19.8. The van der Waals surface area contributed by atoms with Gasteiger partial charge in [0.2, 0.25) is 0 Å². The second-order valence-corrected chi connectivity index (χ2v) is 8.87. The van der Waals surface area contributed by atoms with Crippen molar-refractivity contribution in [1.82, 2.24) is 0 Å². The van der Waals surface area contributed by atoms with E-state index in [4.69, 9.17) is 4.74 Å². The number of rotatable bonds is 3. The van der Waals surface area contributed by atoms with Gasteiger partial charge in [0, 0.05) is 17.8 Å². The number of carbonyl (C=O) groups is 2. The summed E-state index contributed by atoms with van der Waals surface area (Å²) in [6.45, 7) is 0.157. The number of carbonyl (C=O) groups excluding carboxylic acids is 1. The Morgan fingerprint density at radius 2 is 1.48 bits per heavy atom. The predicted molar refractivity (Wildman–Crippen MR) is 125 cm³/mol. The van der Waals surface area contributed by atoms with Gasteiger partial charge in [-0.15, -0.1) is 0 Å². The van der Waals surface area contributed by atoms with Crippen LogP contribution in [0.5, 0.6) is 0 Å². The number of amides is 1. The minimum Gasteiger partial charge on any atom is -0.480 e. The van der Waals surface area contributed by atoms with E-state index in [1.165, 1.54) is 4.90 Å². The van der Waals surface area contributed by atoms with Crippen LogP contribution in [0.3, 0.4) is 0 Å². The van der Waals surface area contributed by atoms with Gasteiger partial charge in [0.25, 0.3) is 0 Å². The van der Waals surface area contributed by atoms with Crippen LogP contribution in [0.15, 0.2) is 84.9 Å². The van der Waals surface area contributed by atoms with E-state index in [2.05, 4.69) is 30.3 Å². The van der Waals surface area contributed by atoms with Crippen molar-refractivity contribution in [3.8, 4) is 11.1 Å². The van der Waals surface area contributed by atoms with Crippen LogP contribution < -0.4 is 4.90 Å². The Morgan fingerprint density at radius 3 is 2.15 bits per heavy atom. The normalized spacial score (nSPS) is 22.3. The Hall–Kier alpha value is -3.86. The highest BCUT2D eigenvalue weighted by molar-refractivity contribution is 5.97. The molecule has 2 aliphatic carbocycles. The van der Waals surface area contributed by atoms with Crippen LogP contribution in [0.4, 0.5) is 10.5 Å². The average Bonchev–Trinajstić information content (AvgIpc) is 3.45. The lowest BCUT2D eigenvalue weighted by Crippen LogP contribution is -2.53. The number of anilines is 1. The molecule has 3 aromatic rings.